The molecule has 1 saturated carbocycles. The van der Waals surface area contributed by atoms with Gasteiger partial charge in [-0.25, -0.2) is 9.59 Å². The first kappa shape index (κ1) is 29.0. The molecule has 1 unspecified atom stereocenters. The molecule has 1 aliphatic heterocycles. The van der Waals surface area contributed by atoms with Gasteiger partial charge < -0.3 is 24.4 Å². The molecule has 0 bridgehead atoms. The van der Waals surface area contributed by atoms with Gasteiger partial charge in [0.1, 0.15) is 24.1 Å². The molecule has 1 heterocycles. The number of anilines is 2. The summed E-state index contributed by atoms with van der Waals surface area (Å²) in [6.07, 6.45) is 5.88. The summed E-state index contributed by atoms with van der Waals surface area (Å²) < 4.78 is 17.5. The minimum Gasteiger partial charge on any atom is -0.489 e. The molecule has 0 spiro atoms. The third-order valence-corrected chi connectivity index (χ3v) is 8.28. The van der Waals surface area contributed by atoms with Gasteiger partial charge in [-0.2, -0.15) is 0 Å². The molecule has 0 radical (unpaired) electrons. The third kappa shape index (κ3) is 6.70. The molecule has 3 aromatic rings. The highest BCUT2D eigenvalue weighted by atomic mass is 79.9. The number of nitrogens with one attached hydrogen (secondary N) is 1. The maximum Gasteiger partial charge on any atom is 0.338 e. The fourth-order valence-electron chi connectivity index (χ4n) is 5.54. The predicted molar refractivity (Wildman–Crippen MR) is 164 cm³/mol. The Labute approximate surface area is 250 Å². The standard InChI is InChI=1S/C33H37BrN2O5/c1-33(2,3)41-32(38)22-12-16-27(34)24(18-22)20-40-26-14-10-21(11-15-26)30-35-28-17-13-23(31(37)39-4)19-29(28)36(30)25-8-6-5-7-9-25/h10-19,25,30,35H,5-9,20H2,1-4H3. The van der Waals surface area contributed by atoms with Crippen molar-refractivity contribution in [3.8, 4) is 5.75 Å². The van der Waals surface area contributed by atoms with E-state index in [0.29, 0.717) is 23.8 Å². The Morgan fingerprint density at radius 2 is 1.61 bits per heavy atom. The van der Waals surface area contributed by atoms with Crippen LogP contribution in [0.1, 0.15) is 90.9 Å². The van der Waals surface area contributed by atoms with E-state index in [1.807, 2.05) is 57.2 Å². The van der Waals surface area contributed by atoms with Crippen LogP contribution in [0, 0.1) is 0 Å². The van der Waals surface area contributed by atoms with Gasteiger partial charge in [-0.05, 0) is 87.7 Å². The largest absolute Gasteiger partial charge is 0.489 e. The number of hydrogen-bond acceptors (Lipinski definition) is 7. The topological polar surface area (TPSA) is 77.1 Å². The number of rotatable bonds is 7. The first-order valence-electron chi connectivity index (χ1n) is 14.1. The van der Waals surface area contributed by atoms with Crippen molar-refractivity contribution in [1.29, 1.82) is 0 Å². The fourth-order valence-corrected chi connectivity index (χ4v) is 5.90. The molecule has 0 saturated heterocycles. The van der Waals surface area contributed by atoms with E-state index in [0.717, 1.165) is 45.6 Å². The summed E-state index contributed by atoms with van der Waals surface area (Å²) in [5.74, 6) is 0.0440. The Bertz CT molecular complexity index is 1410. The molecule has 5 rings (SSSR count). The monoisotopic (exact) mass is 620 g/mol. The lowest BCUT2D eigenvalue weighted by molar-refractivity contribution is 0.00691. The molecule has 1 fully saturated rings. The van der Waals surface area contributed by atoms with Crippen molar-refractivity contribution >= 4 is 39.2 Å². The van der Waals surface area contributed by atoms with Crippen molar-refractivity contribution in [2.75, 3.05) is 17.3 Å². The van der Waals surface area contributed by atoms with Crippen LogP contribution in [0.2, 0.25) is 0 Å². The third-order valence-electron chi connectivity index (χ3n) is 7.51. The van der Waals surface area contributed by atoms with Crippen LogP contribution in [0.15, 0.2) is 65.1 Å². The molecule has 1 N–H and O–H groups in total. The van der Waals surface area contributed by atoms with E-state index in [1.165, 1.54) is 26.4 Å². The van der Waals surface area contributed by atoms with Crippen molar-refractivity contribution in [2.24, 2.45) is 0 Å². The number of carbonyl (C=O) groups excluding carboxylic acids is 2. The highest BCUT2D eigenvalue weighted by molar-refractivity contribution is 9.10. The van der Waals surface area contributed by atoms with Crippen molar-refractivity contribution in [2.45, 2.75) is 77.3 Å². The number of methoxy groups -OCH3 is 1. The second-order valence-corrected chi connectivity index (χ2v) is 12.5. The van der Waals surface area contributed by atoms with E-state index in [4.69, 9.17) is 14.2 Å². The first-order chi connectivity index (χ1) is 19.6. The van der Waals surface area contributed by atoms with Crippen LogP contribution in [0.3, 0.4) is 0 Å². The van der Waals surface area contributed by atoms with E-state index in [9.17, 15) is 9.59 Å². The summed E-state index contributed by atoms with van der Waals surface area (Å²) in [5.41, 5.74) is 4.52. The molecule has 216 valence electrons. The average Bonchev–Trinajstić information content (AvgIpc) is 3.35. The van der Waals surface area contributed by atoms with Crippen LogP contribution in [0.4, 0.5) is 11.4 Å². The molecule has 0 amide bonds. The lowest BCUT2D eigenvalue weighted by Gasteiger charge is -2.37. The Morgan fingerprint density at radius 1 is 0.927 bits per heavy atom. The van der Waals surface area contributed by atoms with Gasteiger partial charge >= 0.3 is 11.9 Å². The molecule has 3 aromatic carbocycles. The molecule has 8 heteroatoms. The smallest absolute Gasteiger partial charge is 0.338 e. The van der Waals surface area contributed by atoms with E-state index >= 15 is 0 Å². The van der Waals surface area contributed by atoms with Gasteiger partial charge in [0.2, 0.25) is 0 Å². The van der Waals surface area contributed by atoms with Gasteiger partial charge in [-0.15, -0.1) is 0 Å². The van der Waals surface area contributed by atoms with Crippen LogP contribution < -0.4 is 15.0 Å². The van der Waals surface area contributed by atoms with Crippen LogP contribution in [-0.2, 0) is 16.1 Å². The van der Waals surface area contributed by atoms with Crippen molar-refractivity contribution in [3.05, 3.63) is 87.4 Å². The highest BCUT2D eigenvalue weighted by Gasteiger charge is 2.36. The molecule has 7 nitrogen and oxygen atoms in total. The average molecular weight is 622 g/mol. The zero-order valence-electron chi connectivity index (χ0n) is 24.0. The highest BCUT2D eigenvalue weighted by Crippen LogP contribution is 2.45. The van der Waals surface area contributed by atoms with E-state index < -0.39 is 5.60 Å². The number of carbonyl (C=O) groups is 2. The zero-order chi connectivity index (χ0) is 29.1. The SMILES string of the molecule is COC(=O)c1ccc2c(c1)N(C1CCCCC1)C(c1ccc(OCc3cc(C(=O)OC(C)(C)C)ccc3Br)cc1)N2. The number of benzene rings is 3. The number of nitrogens with zero attached hydrogens (tertiary/aromatic N) is 1. The Morgan fingerprint density at radius 3 is 2.29 bits per heavy atom. The fraction of sp³-hybridized carbons (Fsp3) is 0.394. The van der Waals surface area contributed by atoms with E-state index in [-0.39, 0.29) is 18.1 Å². The van der Waals surface area contributed by atoms with Crippen LogP contribution in [0.25, 0.3) is 0 Å². The van der Waals surface area contributed by atoms with Gasteiger partial charge in [0.05, 0.1) is 29.6 Å². The summed E-state index contributed by atoms with van der Waals surface area (Å²) >= 11 is 3.57. The lowest BCUT2D eigenvalue weighted by atomic mass is 9.93. The number of fused-ring (bicyclic) bond motifs is 1. The number of esters is 2. The minimum absolute atomic E-state index is 0.0466. The van der Waals surface area contributed by atoms with Crippen molar-refractivity contribution in [1.82, 2.24) is 0 Å². The van der Waals surface area contributed by atoms with Gasteiger partial charge in [-0.1, -0.05) is 47.3 Å². The summed E-state index contributed by atoms with van der Waals surface area (Å²) in [4.78, 5) is 27.3. The molecule has 1 atom stereocenters. The zero-order valence-corrected chi connectivity index (χ0v) is 25.6. The summed E-state index contributed by atoms with van der Waals surface area (Å²) in [6.45, 7) is 5.86. The molecule has 2 aliphatic rings. The number of halogens is 1. The maximum atomic E-state index is 12.5. The van der Waals surface area contributed by atoms with Gasteiger partial charge in [-0.3, -0.25) is 0 Å². The summed E-state index contributed by atoms with van der Waals surface area (Å²) in [6, 6.07) is 19.6. The van der Waals surface area contributed by atoms with Crippen LogP contribution >= 0.6 is 15.9 Å². The molecule has 1 aliphatic carbocycles. The van der Waals surface area contributed by atoms with Gasteiger partial charge in [0.15, 0.2) is 0 Å². The maximum absolute atomic E-state index is 12.5. The second-order valence-electron chi connectivity index (χ2n) is 11.6. The van der Waals surface area contributed by atoms with E-state index in [1.54, 1.807) is 12.1 Å². The molecule has 41 heavy (non-hydrogen) atoms. The normalized spacial score (nSPS) is 17.0. The quantitative estimate of drug-likeness (QED) is 0.268. The Hall–Kier alpha value is -3.52. The Balaban J connectivity index is 1.32. The van der Waals surface area contributed by atoms with Gasteiger partial charge in [0.25, 0.3) is 0 Å². The van der Waals surface area contributed by atoms with Gasteiger partial charge in [0, 0.05) is 16.1 Å². The Kier molecular flexibility index (Phi) is 8.59. The van der Waals surface area contributed by atoms with E-state index in [2.05, 4.69) is 38.3 Å². The number of hydrogen-bond donors (Lipinski definition) is 1. The first-order valence-corrected chi connectivity index (χ1v) is 14.9. The summed E-state index contributed by atoms with van der Waals surface area (Å²) in [5, 5.41) is 3.68. The second kappa shape index (κ2) is 12.1. The van der Waals surface area contributed by atoms with Crippen LogP contribution in [-0.4, -0.2) is 30.7 Å². The molecular weight excluding hydrogens is 584 g/mol. The lowest BCUT2D eigenvalue weighted by Crippen LogP contribution is -2.39. The predicted octanol–water partition coefficient (Wildman–Crippen LogP) is 8.03. The van der Waals surface area contributed by atoms with Crippen molar-refractivity contribution < 1.29 is 23.8 Å². The van der Waals surface area contributed by atoms with Crippen LogP contribution in [0.5, 0.6) is 5.75 Å². The summed E-state index contributed by atoms with van der Waals surface area (Å²) in [7, 11) is 1.41. The number of ether oxygens (including phenoxy) is 3. The molecular formula is C33H37BrN2O5. The minimum atomic E-state index is -0.561. The van der Waals surface area contributed by atoms with Crippen molar-refractivity contribution in [3.63, 3.8) is 0 Å². The molecule has 0 aromatic heterocycles.